The molecule has 3 nitrogen and oxygen atoms in total. The van der Waals surface area contributed by atoms with E-state index >= 15 is 0 Å². The van der Waals surface area contributed by atoms with Gasteiger partial charge in [-0.15, -0.1) is 0 Å². The topological polar surface area (TPSA) is 50.1 Å². The minimum Gasteiger partial charge on any atom is -0.433 e. The number of hydrogen-bond acceptors (Lipinski definition) is 3. The van der Waals surface area contributed by atoms with Gasteiger partial charge in [0.25, 0.3) is 0 Å². The van der Waals surface area contributed by atoms with Gasteiger partial charge in [-0.05, 0) is 17.7 Å². The molecule has 18 heavy (non-hydrogen) atoms. The first-order valence-corrected chi connectivity index (χ1v) is 5.52. The van der Waals surface area contributed by atoms with E-state index < -0.39 is 12.0 Å². The van der Waals surface area contributed by atoms with Crippen LogP contribution < -0.4 is 4.74 Å². The van der Waals surface area contributed by atoms with Gasteiger partial charge in [-0.25, -0.2) is 0 Å². The number of ketones is 1. The number of hydrogen-bond donors (Lipinski definition) is 0. The van der Waals surface area contributed by atoms with Crippen molar-refractivity contribution in [3.05, 3.63) is 28.8 Å². The fourth-order valence-corrected chi connectivity index (χ4v) is 2.18. The minimum absolute atomic E-state index is 0.000536. The maximum atomic E-state index is 12.1. The van der Waals surface area contributed by atoms with Gasteiger partial charge in [-0.3, -0.25) is 4.79 Å². The van der Waals surface area contributed by atoms with Gasteiger partial charge in [0.2, 0.25) is 0 Å². The van der Waals surface area contributed by atoms with E-state index in [1.807, 2.05) is 0 Å². The van der Waals surface area contributed by atoms with Crippen molar-refractivity contribution < 1.29 is 18.3 Å². The lowest BCUT2D eigenvalue weighted by Gasteiger charge is -2.34. The fraction of sp³-hybridized carbons (Fsp3) is 0.333. The van der Waals surface area contributed by atoms with Gasteiger partial charge in [0.05, 0.1) is 16.5 Å². The Morgan fingerprint density at radius 2 is 2.11 bits per heavy atom. The van der Waals surface area contributed by atoms with E-state index in [0.29, 0.717) is 5.56 Å². The second-order valence-electron chi connectivity index (χ2n) is 4.11. The molecule has 1 aromatic rings. The predicted molar refractivity (Wildman–Crippen MR) is 59.6 cm³/mol. The Hall–Kier alpha value is -1.67. The number of halogens is 3. The Balaban J connectivity index is 2.29. The monoisotopic (exact) mass is 271 g/mol. The van der Waals surface area contributed by atoms with E-state index in [-0.39, 0.29) is 29.4 Å². The molecule has 0 heterocycles. The number of alkyl halides is 2. The van der Waals surface area contributed by atoms with Crippen LogP contribution in [0.3, 0.4) is 0 Å². The first-order valence-electron chi connectivity index (χ1n) is 5.15. The van der Waals surface area contributed by atoms with Gasteiger partial charge in [-0.1, -0.05) is 17.7 Å². The van der Waals surface area contributed by atoms with Gasteiger partial charge in [0.1, 0.15) is 11.5 Å². The number of nitriles is 1. The van der Waals surface area contributed by atoms with Crippen molar-refractivity contribution in [3.63, 3.8) is 0 Å². The Morgan fingerprint density at radius 1 is 1.44 bits per heavy atom. The molecule has 94 valence electrons. The summed E-state index contributed by atoms with van der Waals surface area (Å²) in [5.41, 5.74) is -0.319. The number of carbonyl (C=O) groups excluding carboxylic acids is 1. The molecule has 0 aromatic heterocycles. The number of ether oxygens (including phenoxy) is 1. The van der Waals surface area contributed by atoms with Crippen LogP contribution in [0.1, 0.15) is 18.4 Å². The minimum atomic E-state index is -2.96. The van der Waals surface area contributed by atoms with Crippen LogP contribution >= 0.6 is 11.6 Å². The van der Waals surface area contributed by atoms with E-state index in [4.69, 9.17) is 16.9 Å². The average molecular weight is 272 g/mol. The SMILES string of the molecule is N#CC1(c2ccc(OC(F)F)c(Cl)c2)CC(=O)C1. The molecule has 0 bridgehead atoms. The lowest BCUT2D eigenvalue weighted by Crippen LogP contribution is -2.40. The zero-order chi connectivity index (χ0) is 13.3. The van der Waals surface area contributed by atoms with Gasteiger partial charge >= 0.3 is 6.61 Å². The molecule has 0 aliphatic heterocycles. The molecular weight excluding hydrogens is 264 g/mol. The van der Waals surface area contributed by atoms with Crippen molar-refractivity contribution in [2.75, 3.05) is 0 Å². The van der Waals surface area contributed by atoms with E-state index in [9.17, 15) is 13.6 Å². The molecule has 1 aliphatic rings. The van der Waals surface area contributed by atoms with Crippen LogP contribution in [-0.4, -0.2) is 12.4 Å². The molecule has 1 saturated carbocycles. The molecule has 1 fully saturated rings. The summed E-state index contributed by atoms with van der Waals surface area (Å²) in [6.07, 6.45) is 0.268. The molecule has 0 atom stereocenters. The number of carbonyl (C=O) groups is 1. The molecule has 1 aromatic carbocycles. The Kier molecular flexibility index (Phi) is 3.22. The third kappa shape index (κ3) is 2.16. The van der Waals surface area contributed by atoms with Gasteiger partial charge in [0.15, 0.2) is 0 Å². The van der Waals surface area contributed by atoms with E-state index in [0.717, 1.165) is 0 Å². The van der Waals surface area contributed by atoms with Crippen molar-refractivity contribution in [1.29, 1.82) is 5.26 Å². The molecule has 0 radical (unpaired) electrons. The summed E-state index contributed by atoms with van der Waals surface area (Å²) in [5.74, 6) is -0.144. The van der Waals surface area contributed by atoms with E-state index in [1.54, 1.807) is 0 Å². The summed E-state index contributed by atoms with van der Waals surface area (Å²) in [5, 5.41) is 9.12. The molecule has 0 amide bonds. The summed E-state index contributed by atoms with van der Waals surface area (Å²) in [4.78, 5) is 11.0. The average Bonchev–Trinajstić information content (AvgIpc) is 2.27. The van der Waals surface area contributed by atoms with Crippen LogP contribution in [0.15, 0.2) is 18.2 Å². The fourth-order valence-electron chi connectivity index (χ4n) is 1.96. The number of nitrogens with zero attached hydrogens (tertiary/aromatic N) is 1. The maximum Gasteiger partial charge on any atom is 0.387 e. The zero-order valence-electron chi connectivity index (χ0n) is 9.12. The van der Waals surface area contributed by atoms with Crippen LogP contribution in [0.2, 0.25) is 5.02 Å². The highest BCUT2D eigenvalue weighted by atomic mass is 35.5. The largest absolute Gasteiger partial charge is 0.433 e. The predicted octanol–water partition coefficient (Wildman–Crippen LogP) is 3.07. The van der Waals surface area contributed by atoms with Crippen molar-refractivity contribution >= 4 is 17.4 Å². The molecule has 2 rings (SSSR count). The first-order chi connectivity index (χ1) is 8.47. The molecule has 0 spiro atoms. The van der Waals surface area contributed by atoms with Crippen molar-refractivity contribution in [3.8, 4) is 11.8 Å². The third-order valence-electron chi connectivity index (χ3n) is 2.91. The Morgan fingerprint density at radius 3 is 2.56 bits per heavy atom. The quantitative estimate of drug-likeness (QED) is 0.849. The third-order valence-corrected chi connectivity index (χ3v) is 3.21. The Bertz CT molecular complexity index is 531. The standard InChI is InChI=1S/C12H8ClF2NO2/c13-9-3-7(1-2-10(9)18-11(14)15)12(6-16)4-8(17)5-12/h1-3,11H,4-5H2. The summed E-state index contributed by atoms with van der Waals surface area (Å²) < 4.78 is 28.3. The highest BCUT2D eigenvalue weighted by molar-refractivity contribution is 6.32. The zero-order valence-corrected chi connectivity index (χ0v) is 9.88. The van der Waals surface area contributed by atoms with Crippen molar-refractivity contribution in [2.24, 2.45) is 0 Å². The molecule has 0 unspecified atom stereocenters. The first kappa shape index (κ1) is 12.8. The van der Waals surface area contributed by atoms with E-state index in [2.05, 4.69) is 10.8 Å². The highest BCUT2D eigenvalue weighted by Gasteiger charge is 2.45. The van der Waals surface area contributed by atoms with Crippen LogP contribution in [0, 0.1) is 11.3 Å². The summed E-state index contributed by atoms with van der Waals surface area (Å²) in [7, 11) is 0. The molecule has 0 N–H and O–H groups in total. The van der Waals surface area contributed by atoms with Gasteiger partial charge < -0.3 is 4.74 Å². The summed E-state index contributed by atoms with van der Waals surface area (Å²) >= 11 is 5.80. The number of Topliss-reactive ketones (excluding diaryl/α,β-unsaturated/α-hetero) is 1. The van der Waals surface area contributed by atoms with Gasteiger partial charge in [0, 0.05) is 12.8 Å². The second kappa shape index (κ2) is 4.54. The lowest BCUT2D eigenvalue weighted by atomic mass is 9.65. The molecular formula is C12H8ClF2NO2. The Labute approximate surface area is 107 Å². The van der Waals surface area contributed by atoms with Crippen LogP contribution in [0.25, 0.3) is 0 Å². The molecule has 6 heteroatoms. The van der Waals surface area contributed by atoms with Crippen molar-refractivity contribution in [1.82, 2.24) is 0 Å². The molecule has 0 saturated heterocycles. The maximum absolute atomic E-state index is 12.1. The summed E-state index contributed by atoms with van der Waals surface area (Å²) in [6, 6.07) is 6.25. The van der Waals surface area contributed by atoms with Crippen LogP contribution in [-0.2, 0) is 10.2 Å². The normalized spacial score (nSPS) is 17.2. The highest BCUT2D eigenvalue weighted by Crippen LogP contribution is 2.42. The van der Waals surface area contributed by atoms with Crippen molar-refractivity contribution in [2.45, 2.75) is 24.9 Å². The molecule has 1 aliphatic carbocycles. The smallest absolute Gasteiger partial charge is 0.387 e. The van der Waals surface area contributed by atoms with Crippen LogP contribution in [0.5, 0.6) is 5.75 Å². The number of benzene rings is 1. The van der Waals surface area contributed by atoms with Gasteiger partial charge in [-0.2, -0.15) is 14.0 Å². The summed E-state index contributed by atoms with van der Waals surface area (Å²) in [6.45, 7) is -2.96. The lowest BCUT2D eigenvalue weighted by molar-refractivity contribution is -0.126. The van der Waals surface area contributed by atoms with E-state index in [1.165, 1.54) is 18.2 Å². The number of rotatable bonds is 3. The van der Waals surface area contributed by atoms with Crippen LogP contribution in [0.4, 0.5) is 8.78 Å². The second-order valence-corrected chi connectivity index (χ2v) is 4.52.